The highest BCUT2D eigenvalue weighted by Crippen LogP contribution is 2.26. The third-order valence-electron chi connectivity index (χ3n) is 3.42. The van der Waals surface area contributed by atoms with Crippen molar-refractivity contribution in [2.24, 2.45) is 5.92 Å². The summed E-state index contributed by atoms with van der Waals surface area (Å²) in [5.74, 6) is 0.559. The van der Waals surface area contributed by atoms with Crippen molar-refractivity contribution in [3.05, 3.63) is 0 Å². The van der Waals surface area contributed by atoms with E-state index in [1.165, 1.54) is 39.2 Å². The van der Waals surface area contributed by atoms with E-state index in [2.05, 4.69) is 12.2 Å². The Bertz CT molecular complexity index is 200. The molecule has 1 saturated carbocycles. The molecule has 1 N–H and O–H groups in total. The summed E-state index contributed by atoms with van der Waals surface area (Å²) >= 11 is 0. The Labute approximate surface area is 92.6 Å². The SMILES string of the molecule is COC(=O)C(C)N[C@H](C)C1CCCCC1. The molecule has 0 saturated heterocycles. The first kappa shape index (κ1) is 12.5. The molecule has 1 unspecified atom stereocenters. The van der Waals surface area contributed by atoms with E-state index >= 15 is 0 Å². The van der Waals surface area contributed by atoms with Crippen LogP contribution < -0.4 is 5.32 Å². The van der Waals surface area contributed by atoms with E-state index in [1.807, 2.05) is 6.92 Å². The Morgan fingerprint density at radius 1 is 1.27 bits per heavy atom. The van der Waals surface area contributed by atoms with Crippen molar-refractivity contribution in [3.63, 3.8) is 0 Å². The Morgan fingerprint density at radius 2 is 1.87 bits per heavy atom. The van der Waals surface area contributed by atoms with Crippen molar-refractivity contribution in [2.75, 3.05) is 7.11 Å². The Hall–Kier alpha value is -0.570. The van der Waals surface area contributed by atoms with Crippen molar-refractivity contribution in [1.29, 1.82) is 0 Å². The molecule has 0 radical (unpaired) electrons. The summed E-state index contributed by atoms with van der Waals surface area (Å²) in [7, 11) is 1.44. The van der Waals surface area contributed by atoms with Crippen LogP contribution in [-0.4, -0.2) is 25.2 Å². The summed E-state index contributed by atoms with van der Waals surface area (Å²) < 4.78 is 4.70. The third kappa shape index (κ3) is 3.82. The van der Waals surface area contributed by atoms with Crippen LogP contribution >= 0.6 is 0 Å². The first-order valence-corrected chi connectivity index (χ1v) is 5.99. The van der Waals surface area contributed by atoms with Crippen LogP contribution in [0.25, 0.3) is 0 Å². The second-order valence-corrected chi connectivity index (χ2v) is 4.60. The first-order chi connectivity index (χ1) is 7.15. The van der Waals surface area contributed by atoms with E-state index < -0.39 is 0 Å². The zero-order valence-corrected chi connectivity index (χ0v) is 10.1. The molecule has 0 spiro atoms. The number of rotatable bonds is 4. The fraction of sp³-hybridized carbons (Fsp3) is 0.917. The van der Waals surface area contributed by atoms with E-state index in [0.717, 1.165) is 5.92 Å². The fourth-order valence-corrected chi connectivity index (χ4v) is 2.41. The van der Waals surface area contributed by atoms with Crippen LogP contribution in [0.2, 0.25) is 0 Å². The molecule has 88 valence electrons. The van der Waals surface area contributed by atoms with Crippen molar-refractivity contribution >= 4 is 5.97 Å². The van der Waals surface area contributed by atoms with Crippen LogP contribution in [0.3, 0.4) is 0 Å². The van der Waals surface area contributed by atoms with Gasteiger partial charge in [-0.25, -0.2) is 0 Å². The van der Waals surface area contributed by atoms with Gasteiger partial charge in [-0.1, -0.05) is 19.3 Å². The molecule has 0 aromatic carbocycles. The summed E-state index contributed by atoms with van der Waals surface area (Å²) in [4.78, 5) is 11.2. The van der Waals surface area contributed by atoms with Gasteiger partial charge in [-0.05, 0) is 32.6 Å². The number of hydrogen-bond donors (Lipinski definition) is 1. The van der Waals surface area contributed by atoms with Crippen LogP contribution in [0.1, 0.15) is 46.0 Å². The van der Waals surface area contributed by atoms with Gasteiger partial charge in [0.1, 0.15) is 6.04 Å². The number of esters is 1. The minimum absolute atomic E-state index is 0.169. The van der Waals surface area contributed by atoms with Gasteiger partial charge in [-0.3, -0.25) is 4.79 Å². The Balaban J connectivity index is 2.33. The summed E-state index contributed by atoms with van der Waals surface area (Å²) in [5.41, 5.74) is 0. The van der Waals surface area contributed by atoms with E-state index in [4.69, 9.17) is 4.74 Å². The highest BCUT2D eigenvalue weighted by Gasteiger charge is 2.23. The molecular formula is C12H23NO2. The lowest BCUT2D eigenvalue weighted by atomic mass is 9.84. The van der Waals surface area contributed by atoms with Gasteiger partial charge in [0.15, 0.2) is 0 Å². The Kier molecular flexibility index (Phi) is 5.09. The minimum atomic E-state index is -0.188. The van der Waals surface area contributed by atoms with Crippen LogP contribution in [0.4, 0.5) is 0 Å². The van der Waals surface area contributed by atoms with Gasteiger partial charge in [0.25, 0.3) is 0 Å². The lowest BCUT2D eigenvalue weighted by Gasteiger charge is -2.29. The van der Waals surface area contributed by atoms with E-state index in [1.54, 1.807) is 0 Å². The van der Waals surface area contributed by atoms with Crippen molar-refractivity contribution < 1.29 is 9.53 Å². The minimum Gasteiger partial charge on any atom is -0.468 e. The van der Waals surface area contributed by atoms with Gasteiger partial charge in [-0.2, -0.15) is 0 Å². The maximum Gasteiger partial charge on any atom is 0.322 e. The van der Waals surface area contributed by atoms with Gasteiger partial charge < -0.3 is 10.1 Å². The lowest BCUT2D eigenvalue weighted by Crippen LogP contribution is -2.44. The monoisotopic (exact) mass is 213 g/mol. The number of carbonyl (C=O) groups is 1. The molecule has 1 rings (SSSR count). The number of methoxy groups -OCH3 is 1. The molecule has 0 aliphatic heterocycles. The summed E-state index contributed by atoms with van der Waals surface area (Å²) in [5, 5.41) is 3.33. The zero-order valence-electron chi connectivity index (χ0n) is 10.1. The van der Waals surface area contributed by atoms with Crippen LogP contribution in [0.15, 0.2) is 0 Å². The summed E-state index contributed by atoms with van der Waals surface area (Å²) in [6.07, 6.45) is 6.63. The highest BCUT2D eigenvalue weighted by molar-refractivity contribution is 5.75. The molecule has 0 aromatic heterocycles. The van der Waals surface area contributed by atoms with Gasteiger partial charge in [-0.15, -0.1) is 0 Å². The topological polar surface area (TPSA) is 38.3 Å². The average molecular weight is 213 g/mol. The van der Waals surface area contributed by atoms with Crippen molar-refractivity contribution in [2.45, 2.75) is 58.0 Å². The maximum absolute atomic E-state index is 11.2. The van der Waals surface area contributed by atoms with Crippen LogP contribution in [0.5, 0.6) is 0 Å². The predicted octanol–water partition coefficient (Wildman–Crippen LogP) is 2.11. The number of nitrogens with one attached hydrogen (secondary N) is 1. The average Bonchev–Trinajstić information content (AvgIpc) is 2.29. The van der Waals surface area contributed by atoms with Crippen LogP contribution in [-0.2, 0) is 9.53 Å². The highest BCUT2D eigenvalue weighted by atomic mass is 16.5. The molecule has 0 heterocycles. The van der Waals surface area contributed by atoms with Gasteiger partial charge >= 0.3 is 5.97 Å². The van der Waals surface area contributed by atoms with Gasteiger partial charge in [0.05, 0.1) is 7.11 Å². The molecule has 0 aromatic rings. The molecule has 1 aliphatic rings. The molecule has 0 bridgehead atoms. The van der Waals surface area contributed by atoms with E-state index in [-0.39, 0.29) is 12.0 Å². The largest absolute Gasteiger partial charge is 0.468 e. The van der Waals surface area contributed by atoms with Crippen LogP contribution in [0, 0.1) is 5.92 Å². The molecule has 2 atom stereocenters. The van der Waals surface area contributed by atoms with Crippen molar-refractivity contribution in [1.82, 2.24) is 5.32 Å². The van der Waals surface area contributed by atoms with E-state index in [9.17, 15) is 4.79 Å². The second-order valence-electron chi connectivity index (χ2n) is 4.60. The lowest BCUT2D eigenvalue weighted by molar-refractivity contribution is -0.142. The summed E-state index contributed by atoms with van der Waals surface area (Å²) in [6.45, 7) is 4.04. The Morgan fingerprint density at radius 3 is 2.40 bits per heavy atom. The summed E-state index contributed by atoms with van der Waals surface area (Å²) in [6, 6.07) is 0.228. The molecule has 15 heavy (non-hydrogen) atoms. The van der Waals surface area contributed by atoms with Gasteiger partial charge in [0.2, 0.25) is 0 Å². The normalized spacial score (nSPS) is 22.1. The molecule has 1 aliphatic carbocycles. The third-order valence-corrected chi connectivity index (χ3v) is 3.42. The predicted molar refractivity (Wildman–Crippen MR) is 60.7 cm³/mol. The smallest absolute Gasteiger partial charge is 0.322 e. The fourth-order valence-electron chi connectivity index (χ4n) is 2.41. The molecule has 3 nitrogen and oxygen atoms in total. The van der Waals surface area contributed by atoms with E-state index in [0.29, 0.717) is 6.04 Å². The molecule has 0 amide bonds. The zero-order chi connectivity index (χ0) is 11.3. The standard InChI is InChI=1S/C12H23NO2/c1-9(11-7-5-4-6-8-11)13-10(2)12(14)15-3/h9-11,13H,4-8H2,1-3H3/t9-,10?/m1/s1. The second kappa shape index (κ2) is 6.11. The number of carbonyl (C=O) groups excluding carboxylic acids is 1. The number of ether oxygens (including phenoxy) is 1. The molecule has 3 heteroatoms. The number of hydrogen-bond acceptors (Lipinski definition) is 3. The molecular weight excluding hydrogens is 190 g/mol. The van der Waals surface area contributed by atoms with Gasteiger partial charge in [0, 0.05) is 6.04 Å². The molecule has 1 fully saturated rings. The first-order valence-electron chi connectivity index (χ1n) is 5.99. The van der Waals surface area contributed by atoms with Crippen molar-refractivity contribution in [3.8, 4) is 0 Å². The maximum atomic E-state index is 11.2. The quantitative estimate of drug-likeness (QED) is 0.727.